The van der Waals surface area contributed by atoms with E-state index in [0.717, 1.165) is 6.07 Å². The lowest BCUT2D eigenvalue weighted by Crippen LogP contribution is -2.02. The van der Waals surface area contributed by atoms with Crippen molar-refractivity contribution in [1.82, 2.24) is 0 Å². The topological polar surface area (TPSA) is 105 Å². The second-order valence-corrected chi connectivity index (χ2v) is 4.87. The first kappa shape index (κ1) is 17.9. The molecule has 0 saturated carbocycles. The minimum absolute atomic E-state index is 0.0443. The first-order valence-electron chi connectivity index (χ1n) is 7.04. The molecule has 0 unspecified atom stereocenters. The SMILES string of the molecule is COc1cc(C=O)c(-c2ccc([N+](=O)[O-])cc2C=O)c(OC)c1OC. The van der Waals surface area contributed by atoms with E-state index >= 15 is 0 Å². The lowest BCUT2D eigenvalue weighted by Gasteiger charge is -2.18. The summed E-state index contributed by atoms with van der Waals surface area (Å²) in [5, 5.41) is 10.9. The minimum atomic E-state index is -0.608. The molecule has 0 aliphatic rings. The third-order valence-corrected chi connectivity index (χ3v) is 3.63. The highest BCUT2D eigenvalue weighted by molar-refractivity contribution is 5.99. The standard InChI is InChI=1S/C17H15NO7/c1-23-14-7-11(9-20)15(17(25-3)16(14)24-2)13-5-4-12(18(21)22)6-10(13)8-19/h4-9H,1-3H3. The van der Waals surface area contributed by atoms with E-state index in [0.29, 0.717) is 18.1 Å². The van der Waals surface area contributed by atoms with Crippen LogP contribution in [0.4, 0.5) is 5.69 Å². The Bertz CT molecular complexity index is 845. The molecule has 0 fully saturated rings. The number of benzene rings is 2. The number of rotatable bonds is 7. The average Bonchev–Trinajstić information content (AvgIpc) is 2.65. The maximum atomic E-state index is 11.6. The molecule has 0 bridgehead atoms. The minimum Gasteiger partial charge on any atom is -0.493 e. The van der Waals surface area contributed by atoms with Gasteiger partial charge >= 0.3 is 0 Å². The number of nitrogens with zero attached hydrogens (tertiary/aromatic N) is 1. The molecule has 0 heterocycles. The molecule has 25 heavy (non-hydrogen) atoms. The first-order chi connectivity index (χ1) is 12.0. The molecule has 8 nitrogen and oxygen atoms in total. The zero-order valence-corrected chi connectivity index (χ0v) is 13.8. The Morgan fingerprint density at radius 3 is 2.04 bits per heavy atom. The summed E-state index contributed by atoms with van der Waals surface area (Å²) in [4.78, 5) is 33.3. The fourth-order valence-electron chi connectivity index (χ4n) is 2.53. The van der Waals surface area contributed by atoms with E-state index in [4.69, 9.17) is 14.2 Å². The van der Waals surface area contributed by atoms with E-state index in [2.05, 4.69) is 0 Å². The van der Waals surface area contributed by atoms with Gasteiger partial charge in [0.25, 0.3) is 5.69 Å². The van der Waals surface area contributed by atoms with Crippen LogP contribution in [0.25, 0.3) is 11.1 Å². The fraction of sp³-hybridized carbons (Fsp3) is 0.176. The van der Waals surface area contributed by atoms with Crippen LogP contribution >= 0.6 is 0 Å². The van der Waals surface area contributed by atoms with Crippen molar-refractivity contribution in [3.63, 3.8) is 0 Å². The molecular weight excluding hydrogens is 330 g/mol. The summed E-state index contributed by atoms with van der Waals surface area (Å²) in [6.07, 6.45) is 1.06. The van der Waals surface area contributed by atoms with Crippen LogP contribution in [-0.4, -0.2) is 38.8 Å². The van der Waals surface area contributed by atoms with Gasteiger partial charge in [0, 0.05) is 28.8 Å². The number of carbonyl (C=O) groups is 2. The van der Waals surface area contributed by atoms with Gasteiger partial charge in [-0.25, -0.2) is 0 Å². The Morgan fingerprint density at radius 1 is 0.920 bits per heavy atom. The number of hydrogen-bond donors (Lipinski definition) is 0. The maximum absolute atomic E-state index is 11.6. The van der Waals surface area contributed by atoms with Gasteiger partial charge in [-0.3, -0.25) is 19.7 Å². The van der Waals surface area contributed by atoms with E-state index in [1.807, 2.05) is 0 Å². The summed E-state index contributed by atoms with van der Waals surface area (Å²) in [7, 11) is 4.19. The van der Waals surface area contributed by atoms with E-state index in [1.54, 1.807) is 0 Å². The van der Waals surface area contributed by atoms with Gasteiger partial charge in [0.05, 0.1) is 26.3 Å². The summed E-state index contributed by atoms with van der Waals surface area (Å²) in [6.45, 7) is 0. The molecule has 0 N–H and O–H groups in total. The van der Waals surface area contributed by atoms with Crippen molar-refractivity contribution < 1.29 is 28.7 Å². The second kappa shape index (κ2) is 7.43. The number of nitro groups is 1. The number of nitro benzene ring substituents is 1. The third-order valence-electron chi connectivity index (χ3n) is 3.63. The highest BCUT2D eigenvalue weighted by atomic mass is 16.6. The highest BCUT2D eigenvalue weighted by Crippen LogP contribution is 2.47. The predicted octanol–water partition coefficient (Wildman–Crippen LogP) is 2.91. The summed E-state index contributed by atoms with van der Waals surface area (Å²) in [5.41, 5.74) is 0.583. The number of carbonyl (C=O) groups excluding carboxylic acids is 2. The molecular formula is C17H15NO7. The number of ether oxygens (including phenoxy) is 3. The van der Waals surface area contributed by atoms with Crippen LogP contribution in [0.2, 0.25) is 0 Å². The molecule has 0 amide bonds. The van der Waals surface area contributed by atoms with Crippen LogP contribution in [0.1, 0.15) is 20.7 Å². The molecule has 0 radical (unpaired) electrons. The quantitative estimate of drug-likeness (QED) is 0.431. The molecule has 0 spiro atoms. The van der Waals surface area contributed by atoms with E-state index < -0.39 is 4.92 Å². The number of aldehydes is 2. The first-order valence-corrected chi connectivity index (χ1v) is 7.04. The van der Waals surface area contributed by atoms with Crippen LogP contribution < -0.4 is 14.2 Å². The van der Waals surface area contributed by atoms with Crippen molar-refractivity contribution in [1.29, 1.82) is 0 Å². The monoisotopic (exact) mass is 345 g/mol. The van der Waals surface area contributed by atoms with Crippen molar-refractivity contribution in [3.05, 3.63) is 45.5 Å². The number of non-ortho nitro benzene ring substituents is 1. The van der Waals surface area contributed by atoms with Gasteiger partial charge in [-0.05, 0) is 17.7 Å². The summed E-state index contributed by atoms with van der Waals surface area (Å²) in [6, 6.07) is 5.21. The Morgan fingerprint density at radius 2 is 1.56 bits per heavy atom. The number of methoxy groups -OCH3 is 3. The van der Waals surface area contributed by atoms with E-state index in [1.165, 1.54) is 39.5 Å². The molecule has 2 aromatic carbocycles. The zero-order valence-electron chi connectivity index (χ0n) is 13.8. The van der Waals surface area contributed by atoms with Gasteiger partial charge in [0.2, 0.25) is 5.75 Å². The Kier molecular flexibility index (Phi) is 5.33. The van der Waals surface area contributed by atoms with Crippen LogP contribution in [0.15, 0.2) is 24.3 Å². The van der Waals surface area contributed by atoms with Crippen LogP contribution in [0.5, 0.6) is 17.2 Å². The third kappa shape index (κ3) is 3.14. The van der Waals surface area contributed by atoms with Gasteiger partial charge < -0.3 is 14.2 Å². The van der Waals surface area contributed by atoms with Gasteiger partial charge in [-0.1, -0.05) is 0 Å². The highest BCUT2D eigenvalue weighted by Gasteiger charge is 2.24. The van der Waals surface area contributed by atoms with E-state index in [-0.39, 0.29) is 39.6 Å². The molecule has 2 rings (SSSR count). The van der Waals surface area contributed by atoms with Crippen molar-refractivity contribution in [2.24, 2.45) is 0 Å². The Balaban J connectivity index is 2.88. The molecule has 0 saturated heterocycles. The van der Waals surface area contributed by atoms with Crippen LogP contribution in [0, 0.1) is 10.1 Å². The lowest BCUT2D eigenvalue weighted by atomic mass is 9.94. The Hall–Kier alpha value is -3.42. The van der Waals surface area contributed by atoms with Crippen molar-refractivity contribution in [2.75, 3.05) is 21.3 Å². The fourth-order valence-corrected chi connectivity index (χ4v) is 2.53. The van der Waals surface area contributed by atoms with Crippen LogP contribution in [-0.2, 0) is 0 Å². The van der Waals surface area contributed by atoms with E-state index in [9.17, 15) is 19.7 Å². The molecule has 0 aliphatic carbocycles. The van der Waals surface area contributed by atoms with Crippen LogP contribution in [0.3, 0.4) is 0 Å². The molecule has 130 valence electrons. The summed E-state index contributed by atoms with van der Waals surface area (Å²) < 4.78 is 15.9. The maximum Gasteiger partial charge on any atom is 0.270 e. The largest absolute Gasteiger partial charge is 0.493 e. The average molecular weight is 345 g/mol. The van der Waals surface area contributed by atoms with Crippen molar-refractivity contribution >= 4 is 18.3 Å². The van der Waals surface area contributed by atoms with Crippen molar-refractivity contribution in [3.8, 4) is 28.4 Å². The van der Waals surface area contributed by atoms with Crippen molar-refractivity contribution in [2.45, 2.75) is 0 Å². The normalized spacial score (nSPS) is 10.0. The lowest BCUT2D eigenvalue weighted by molar-refractivity contribution is -0.384. The van der Waals surface area contributed by atoms with Gasteiger partial charge in [-0.15, -0.1) is 0 Å². The van der Waals surface area contributed by atoms with Gasteiger partial charge in [-0.2, -0.15) is 0 Å². The number of hydrogen-bond acceptors (Lipinski definition) is 7. The van der Waals surface area contributed by atoms with Gasteiger partial charge in [0.1, 0.15) is 0 Å². The smallest absolute Gasteiger partial charge is 0.270 e. The Labute approximate surface area is 143 Å². The summed E-state index contributed by atoms with van der Waals surface area (Å²) >= 11 is 0. The zero-order chi connectivity index (χ0) is 18.6. The second-order valence-electron chi connectivity index (χ2n) is 4.87. The molecule has 0 aliphatic heterocycles. The van der Waals surface area contributed by atoms with Gasteiger partial charge in [0.15, 0.2) is 24.1 Å². The summed E-state index contributed by atoms with van der Waals surface area (Å²) in [5.74, 6) is 0.696. The molecule has 0 atom stereocenters. The molecule has 0 aromatic heterocycles. The molecule has 2 aromatic rings. The predicted molar refractivity (Wildman–Crippen MR) is 89.0 cm³/mol. The molecule has 8 heteroatoms.